The minimum Gasteiger partial charge on any atom is -0.497 e. The van der Waals surface area contributed by atoms with Crippen LogP contribution in [-0.4, -0.2) is 101 Å². The first-order chi connectivity index (χ1) is 17.1. The molecule has 2 aliphatic heterocycles. The zero-order chi connectivity index (χ0) is 24.5. The van der Waals surface area contributed by atoms with Gasteiger partial charge in [-0.2, -0.15) is 0 Å². The molecule has 190 valence electrons. The molecule has 35 heavy (non-hydrogen) atoms. The summed E-state index contributed by atoms with van der Waals surface area (Å²) in [6.07, 6.45) is 1.64. The minimum absolute atomic E-state index is 0.145. The number of anilines is 1. The summed E-state index contributed by atoms with van der Waals surface area (Å²) in [5.74, 6) is 0.378. The highest BCUT2D eigenvalue weighted by atomic mass is 16.5. The number of amides is 2. The second kappa shape index (κ2) is 12.6. The van der Waals surface area contributed by atoms with Gasteiger partial charge in [0.1, 0.15) is 11.5 Å². The van der Waals surface area contributed by atoms with Crippen molar-refractivity contribution in [2.24, 2.45) is 0 Å². The molecular weight excluding hydrogens is 450 g/mol. The standard InChI is InChI=1S/C25H35N5O5/c1-33-21-6-4-20(5-7-21)29-10-12-30(13-11-29)22(23-3-2-16-35-23)19-27-25(32)24(31)26-8-9-28-14-17-34-18-15-28/h2-7,16,22H,8-15,17-19H2,1H3,(H,26,31)(H,27,32)/t22-/m1/s1. The van der Waals surface area contributed by atoms with Crippen LogP contribution in [0.5, 0.6) is 5.75 Å². The molecule has 1 aromatic carbocycles. The molecule has 0 spiro atoms. The van der Waals surface area contributed by atoms with E-state index < -0.39 is 11.8 Å². The molecule has 2 aliphatic rings. The van der Waals surface area contributed by atoms with Crippen molar-refractivity contribution in [3.8, 4) is 5.75 Å². The van der Waals surface area contributed by atoms with E-state index in [4.69, 9.17) is 13.9 Å². The molecule has 2 aromatic rings. The van der Waals surface area contributed by atoms with Gasteiger partial charge in [-0.15, -0.1) is 0 Å². The number of hydrogen-bond acceptors (Lipinski definition) is 8. The molecule has 10 nitrogen and oxygen atoms in total. The number of furan rings is 1. The number of carbonyl (C=O) groups excluding carboxylic acids is 2. The Bertz CT molecular complexity index is 922. The number of morpholine rings is 1. The number of methoxy groups -OCH3 is 1. The van der Waals surface area contributed by atoms with Crippen LogP contribution in [0.3, 0.4) is 0 Å². The Morgan fingerprint density at radius 2 is 1.69 bits per heavy atom. The average molecular weight is 486 g/mol. The van der Waals surface area contributed by atoms with Crippen molar-refractivity contribution in [1.29, 1.82) is 0 Å². The van der Waals surface area contributed by atoms with E-state index in [-0.39, 0.29) is 6.04 Å². The minimum atomic E-state index is -0.625. The normalized spacial score (nSPS) is 18.1. The average Bonchev–Trinajstić information content (AvgIpc) is 3.44. The van der Waals surface area contributed by atoms with Gasteiger partial charge in [0.15, 0.2) is 0 Å². The van der Waals surface area contributed by atoms with E-state index in [0.717, 1.165) is 56.5 Å². The Morgan fingerprint density at radius 3 is 2.34 bits per heavy atom. The van der Waals surface area contributed by atoms with Crippen molar-refractivity contribution < 1.29 is 23.5 Å². The lowest BCUT2D eigenvalue weighted by molar-refractivity contribution is -0.139. The third-order valence-electron chi connectivity index (χ3n) is 6.54. The van der Waals surface area contributed by atoms with Gasteiger partial charge in [0.25, 0.3) is 0 Å². The van der Waals surface area contributed by atoms with Crippen molar-refractivity contribution in [1.82, 2.24) is 20.4 Å². The highest BCUT2D eigenvalue weighted by Gasteiger charge is 2.28. The predicted octanol–water partition coefficient (Wildman–Crippen LogP) is 0.716. The van der Waals surface area contributed by atoms with Gasteiger partial charge in [0, 0.05) is 64.6 Å². The fourth-order valence-corrected chi connectivity index (χ4v) is 4.48. The van der Waals surface area contributed by atoms with Crippen LogP contribution in [0.2, 0.25) is 0 Å². The smallest absolute Gasteiger partial charge is 0.309 e. The van der Waals surface area contributed by atoms with E-state index in [1.165, 1.54) is 0 Å². The largest absolute Gasteiger partial charge is 0.497 e. The first-order valence-electron chi connectivity index (χ1n) is 12.2. The molecular formula is C25H35N5O5. The molecule has 2 saturated heterocycles. The Balaban J connectivity index is 1.26. The second-order valence-electron chi connectivity index (χ2n) is 8.67. The van der Waals surface area contributed by atoms with E-state index >= 15 is 0 Å². The quantitative estimate of drug-likeness (QED) is 0.502. The Kier molecular flexibility index (Phi) is 8.99. The van der Waals surface area contributed by atoms with Crippen LogP contribution in [0.1, 0.15) is 11.8 Å². The maximum Gasteiger partial charge on any atom is 0.309 e. The SMILES string of the molecule is COc1ccc(N2CCN([C@H](CNC(=O)C(=O)NCCN3CCOCC3)c3ccco3)CC2)cc1. The highest BCUT2D eigenvalue weighted by Crippen LogP contribution is 2.25. The third kappa shape index (κ3) is 6.97. The summed E-state index contributed by atoms with van der Waals surface area (Å²) >= 11 is 0. The molecule has 10 heteroatoms. The van der Waals surface area contributed by atoms with Crippen molar-refractivity contribution in [3.63, 3.8) is 0 Å². The lowest BCUT2D eigenvalue weighted by Crippen LogP contribution is -2.51. The first-order valence-corrected chi connectivity index (χ1v) is 12.2. The van der Waals surface area contributed by atoms with Gasteiger partial charge < -0.3 is 29.4 Å². The van der Waals surface area contributed by atoms with Gasteiger partial charge in [-0.3, -0.25) is 19.4 Å². The summed E-state index contributed by atoms with van der Waals surface area (Å²) in [6.45, 7) is 7.84. The summed E-state index contributed by atoms with van der Waals surface area (Å²) in [5.41, 5.74) is 1.15. The topological polar surface area (TPSA) is 99.5 Å². The summed E-state index contributed by atoms with van der Waals surface area (Å²) in [5, 5.41) is 5.51. The highest BCUT2D eigenvalue weighted by molar-refractivity contribution is 6.35. The zero-order valence-electron chi connectivity index (χ0n) is 20.3. The molecule has 0 saturated carbocycles. The molecule has 2 amide bonds. The lowest BCUT2D eigenvalue weighted by atomic mass is 10.1. The van der Waals surface area contributed by atoms with Crippen LogP contribution in [-0.2, 0) is 14.3 Å². The summed E-state index contributed by atoms with van der Waals surface area (Å²) in [7, 11) is 1.66. The molecule has 0 radical (unpaired) electrons. The van der Waals surface area contributed by atoms with Crippen LogP contribution < -0.4 is 20.3 Å². The van der Waals surface area contributed by atoms with Crippen molar-refractivity contribution in [2.45, 2.75) is 6.04 Å². The molecule has 2 fully saturated rings. The van der Waals surface area contributed by atoms with Crippen molar-refractivity contribution >= 4 is 17.5 Å². The van der Waals surface area contributed by atoms with E-state index in [1.54, 1.807) is 13.4 Å². The number of hydrogen-bond donors (Lipinski definition) is 2. The maximum atomic E-state index is 12.4. The fraction of sp³-hybridized carbons (Fsp3) is 0.520. The second-order valence-corrected chi connectivity index (χ2v) is 8.67. The predicted molar refractivity (Wildman–Crippen MR) is 132 cm³/mol. The van der Waals surface area contributed by atoms with Crippen molar-refractivity contribution in [2.75, 3.05) is 84.1 Å². The first kappa shape index (κ1) is 25.0. The lowest BCUT2D eigenvalue weighted by Gasteiger charge is -2.39. The van der Waals surface area contributed by atoms with Gasteiger partial charge in [0.2, 0.25) is 0 Å². The number of ether oxygens (including phenoxy) is 2. The van der Waals surface area contributed by atoms with Crippen LogP contribution in [0.4, 0.5) is 5.69 Å². The van der Waals surface area contributed by atoms with E-state index in [1.807, 2.05) is 24.3 Å². The molecule has 3 heterocycles. The van der Waals surface area contributed by atoms with Gasteiger partial charge in [-0.1, -0.05) is 0 Å². The monoisotopic (exact) mass is 485 g/mol. The van der Waals surface area contributed by atoms with E-state index in [9.17, 15) is 9.59 Å². The number of carbonyl (C=O) groups is 2. The zero-order valence-corrected chi connectivity index (χ0v) is 20.3. The van der Waals surface area contributed by atoms with Gasteiger partial charge in [-0.05, 0) is 36.4 Å². The summed E-state index contributed by atoms with van der Waals surface area (Å²) in [4.78, 5) is 31.6. The van der Waals surface area contributed by atoms with Crippen molar-refractivity contribution in [3.05, 3.63) is 48.4 Å². The molecule has 0 bridgehead atoms. The number of nitrogens with zero attached hydrogens (tertiary/aromatic N) is 3. The van der Waals surface area contributed by atoms with Crippen LogP contribution in [0.15, 0.2) is 47.1 Å². The van der Waals surface area contributed by atoms with E-state index in [2.05, 4.69) is 37.5 Å². The van der Waals surface area contributed by atoms with Gasteiger partial charge in [0.05, 0.1) is 32.6 Å². The molecule has 1 atom stereocenters. The number of rotatable bonds is 9. The maximum absolute atomic E-state index is 12.4. The third-order valence-corrected chi connectivity index (χ3v) is 6.54. The fourth-order valence-electron chi connectivity index (χ4n) is 4.48. The molecule has 0 unspecified atom stereocenters. The Hall–Kier alpha value is -3.08. The van der Waals surface area contributed by atoms with Crippen LogP contribution in [0, 0.1) is 0 Å². The van der Waals surface area contributed by atoms with Gasteiger partial charge in [-0.25, -0.2) is 0 Å². The van der Waals surface area contributed by atoms with Crippen LogP contribution >= 0.6 is 0 Å². The van der Waals surface area contributed by atoms with Crippen LogP contribution in [0.25, 0.3) is 0 Å². The Labute approximate surface area is 206 Å². The Morgan fingerprint density at radius 1 is 0.971 bits per heavy atom. The molecule has 2 N–H and O–H groups in total. The number of nitrogens with one attached hydrogen (secondary N) is 2. The summed E-state index contributed by atoms with van der Waals surface area (Å²) in [6, 6.07) is 11.7. The molecule has 1 aromatic heterocycles. The summed E-state index contributed by atoms with van der Waals surface area (Å²) < 4.78 is 16.3. The molecule has 4 rings (SSSR count). The van der Waals surface area contributed by atoms with Gasteiger partial charge >= 0.3 is 11.8 Å². The number of benzene rings is 1. The molecule has 0 aliphatic carbocycles. The van der Waals surface area contributed by atoms with E-state index in [0.29, 0.717) is 32.8 Å². The number of piperazine rings is 1.